The highest BCUT2D eigenvalue weighted by Crippen LogP contribution is 2.22. The number of amides is 3. The van der Waals surface area contributed by atoms with E-state index in [4.69, 9.17) is 4.74 Å². The van der Waals surface area contributed by atoms with Gasteiger partial charge in [0.15, 0.2) is 0 Å². The van der Waals surface area contributed by atoms with Crippen molar-refractivity contribution >= 4 is 27.7 Å². The first-order valence-electron chi connectivity index (χ1n) is 10.1. The summed E-state index contributed by atoms with van der Waals surface area (Å²) < 4.78 is 33.0. The number of nitrogens with one attached hydrogen (secondary N) is 1. The highest BCUT2D eigenvalue weighted by atomic mass is 32.2. The number of benzene rings is 1. The van der Waals surface area contributed by atoms with Crippen molar-refractivity contribution in [3.05, 3.63) is 29.8 Å². The molecule has 2 unspecified atom stereocenters. The Kier molecular flexibility index (Phi) is 6.89. The van der Waals surface area contributed by atoms with Crippen molar-refractivity contribution in [2.75, 3.05) is 26.2 Å². The van der Waals surface area contributed by atoms with Crippen molar-refractivity contribution in [1.29, 1.82) is 0 Å². The number of hydrogen-bond donors (Lipinski definition) is 1. The first-order valence-corrected chi connectivity index (χ1v) is 11.5. The van der Waals surface area contributed by atoms with Crippen molar-refractivity contribution in [1.82, 2.24) is 14.5 Å². The highest BCUT2D eigenvalue weighted by molar-refractivity contribution is 7.89. The second-order valence-electron chi connectivity index (χ2n) is 7.66. The minimum atomic E-state index is -3.74. The van der Waals surface area contributed by atoms with Crippen LogP contribution in [-0.2, 0) is 24.3 Å². The van der Waals surface area contributed by atoms with Gasteiger partial charge < -0.3 is 10.1 Å². The zero-order valence-corrected chi connectivity index (χ0v) is 18.0. The SMILES string of the molecule is CC1CN(S(=O)(=O)c2cccc(C(=O)NCCCN3C(=O)CCC3=O)c2)CC(C)O1. The number of imide groups is 1. The van der Waals surface area contributed by atoms with Crippen molar-refractivity contribution in [2.45, 2.75) is 50.2 Å². The number of carbonyl (C=O) groups excluding carboxylic acids is 3. The molecule has 0 saturated carbocycles. The molecule has 3 amide bonds. The fourth-order valence-corrected chi connectivity index (χ4v) is 5.32. The second-order valence-corrected chi connectivity index (χ2v) is 9.59. The van der Waals surface area contributed by atoms with E-state index in [1.54, 1.807) is 6.07 Å². The lowest BCUT2D eigenvalue weighted by molar-refractivity contribution is -0.138. The zero-order valence-electron chi connectivity index (χ0n) is 17.2. The summed E-state index contributed by atoms with van der Waals surface area (Å²) in [7, 11) is -3.74. The Labute approximate surface area is 176 Å². The Hall–Kier alpha value is -2.30. The van der Waals surface area contributed by atoms with E-state index in [2.05, 4.69) is 5.32 Å². The molecule has 1 aromatic carbocycles. The van der Waals surface area contributed by atoms with Crippen LogP contribution in [0.4, 0.5) is 0 Å². The summed E-state index contributed by atoms with van der Waals surface area (Å²) in [6, 6.07) is 5.92. The monoisotopic (exact) mass is 437 g/mol. The third kappa shape index (κ3) is 5.05. The minimum absolute atomic E-state index is 0.0599. The first kappa shape index (κ1) is 22.4. The first-order chi connectivity index (χ1) is 14.2. The molecule has 2 aliphatic rings. The number of hydrogen-bond acceptors (Lipinski definition) is 6. The van der Waals surface area contributed by atoms with Crippen LogP contribution in [-0.4, -0.2) is 73.7 Å². The van der Waals surface area contributed by atoms with E-state index in [0.717, 1.165) is 0 Å². The lowest BCUT2D eigenvalue weighted by Crippen LogP contribution is -2.48. The van der Waals surface area contributed by atoms with Crippen LogP contribution >= 0.6 is 0 Å². The molecule has 0 bridgehead atoms. The second kappa shape index (κ2) is 9.23. The molecule has 2 heterocycles. The molecule has 0 radical (unpaired) electrons. The predicted molar refractivity (Wildman–Crippen MR) is 108 cm³/mol. The lowest BCUT2D eigenvalue weighted by atomic mass is 10.2. The summed E-state index contributed by atoms with van der Waals surface area (Å²) >= 11 is 0. The number of morpholine rings is 1. The number of rotatable bonds is 7. The summed E-state index contributed by atoms with van der Waals surface area (Å²) in [5, 5.41) is 2.71. The van der Waals surface area contributed by atoms with Crippen LogP contribution in [0.15, 0.2) is 29.2 Å². The topological polar surface area (TPSA) is 113 Å². The van der Waals surface area contributed by atoms with E-state index >= 15 is 0 Å². The van der Waals surface area contributed by atoms with Gasteiger partial charge in [-0.25, -0.2) is 8.42 Å². The van der Waals surface area contributed by atoms with Gasteiger partial charge in [-0.15, -0.1) is 0 Å². The average Bonchev–Trinajstić information content (AvgIpc) is 3.02. The molecule has 1 N–H and O–H groups in total. The maximum absolute atomic E-state index is 13.0. The summed E-state index contributed by atoms with van der Waals surface area (Å²) in [6.07, 6.45) is 0.513. The van der Waals surface area contributed by atoms with Gasteiger partial charge in [0.1, 0.15) is 0 Å². The molecule has 30 heavy (non-hydrogen) atoms. The number of sulfonamides is 1. The molecule has 2 fully saturated rings. The molecule has 1 aromatic rings. The van der Waals surface area contributed by atoms with Gasteiger partial charge in [0.05, 0.1) is 17.1 Å². The van der Waals surface area contributed by atoms with Crippen LogP contribution in [0, 0.1) is 0 Å². The molecule has 2 atom stereocenters. The highest BCUT2D eigenvalue weighted by Gasteiger charge is 2.32. The molecule has 2 saturated heterocycles. The Morgan fingerprint density at radius 1 is 1.13 bits per heavy atom. The van der Waals surface area contributed by atoms with E-state index in [0.29, 0.717) is 6.42 Å². The molecular weight excluding hydrogens is 410 g/mol. The van der Waals surface area contributed by atoms with Gasteiger partial charge in [-0.3, -0.25) is 19.3 Å². The van der Waals surface area contributed by atoms with Gasteiger partial charge in [0.2, 0.25) is 21.8 Å². The molecule has 10 heteroatoms. The fraction of sp³-hybridized carbons (Fsp3) is 0.550. The quantitative estimate of drug-likeness (QED) is 0.498. The molecule has 9 nitrogen and oxygen atoms in total. The Balaban J connectivity index is 1.59. The summed E-state index contributed by atoms with van der Waals surface area (Å²) in [6.45, 7) is 4.70. The van der Waals surface area contributed by atoms with E-state index in [1.807, 2.05) is 13.8 Å². The molecule has 2 aliphatic heterocycles. The lowest BCUT2D eigenvalue weighted by Gasteiger charge is -2.34. The molecule has 164 valence electrons. The number of ether oxygens (including phenoxy) is 1. The minimum Gasteiger partial charge on any atom is -0.373 e. The number of nitrogens with zero attached hydrogens (tertiary/aromatic N) is 2. The van der Waals surface area contributed by atoms with Crippen LogP contribution in [0.5, 0.6) is 0 Å². The van der Waals surface area contributed by atoms with Crippen LogP contribution in [0.1, 0.15) is 43.5 Å². The number of likely N-dealkylation sites (tertiary alicyclic amines) is 1. The number of carbonyl (C=O) groups is 3. The zero-order chi connectivity index (χ0) is 21.9. The molecule has 0 aliphatic carbocycles. The molecule has 0 aromatic heterocycles. The third-order valence-corrected chi connectivity index (χ3v) is 6.95. The van der Waals surface area contributed by atoms with Crippen LogP contribution in [0.3, 0.4) is 0 Å². The van der Waals surface area contributed by atoms with E-state index < -0.39 is 15.9 Å². The third-order valence-electron chi connectivity index (χ3n) is 5.12. The van der Waals surface area contributed by atoms with Crippen molar-refractivity contribution in [3.63, 3.8) is 0 Å². The Bertz CT molecular complexity index is 906. The Morgan fingerprint density at radius 3 is 2.40 bits per heavy atom. The van der Waals surface area contributed by atoms with Crippen molar-refractivity contribution in [3.8, 4) is 0 Å². The smallest absolute Gasteiger partial charge is 0.251 e. The molecule has 0 spiro atoms. The Morgan fingerprint density at radius 2 is 1.77 bits per heavy atom. The van der Waals surface area contributed by atoms with E-state index in [1.165, 1.54) is 27.4 Å². The standard InChI is InChI=1S/C20H27N3O6S/c1-14-12-22(13-15(2)29-14)30(27,28)17-6-3-5-16(11-17)20(26)21-9-4-10-23-18(24)7-8-19(23)25/h3,5-6,11,14-15H,4,7-10,12-13H2,1-2H3,(H,21,26). The summed E-state index contributed by atoms with van der Waals surface area (Å²) in [5.74, 6) is -0.776. The van der Waals surface area contributed by atoms with Crippen molar-refractivity contribution < 1.29 is 27.5 Å². The van der Waals surface area contributed by atoms with Crippen LogP contribution in [0.2, 0.25) is 0 Å². The van der Waals surface area contributed by atoms with Crippen molar-refractivity contribution in [2.24, 2.45) is 0 Å². The molecular formula is C20H27N3O6S. The predicted octanol–water partition coefficient (Wildman–Crippen LogP) is 0.753. The van der Waals surface area contributed by atoms with Gasteiger partial charge in [0, 0.05) is 44.6 Å². The van der Waals surface area contributed by atoms with Crippen LogP contribution in [0.25, 0.3) is 0 Å². The van der Waals surface area contributed by atoms with Gasteiger partial charge >= 0.3 is 0 Å². The van der Waals surface area contributed by atoms with Gasteiger partial charge in [-0.05, 0) is 38.5 Å². The van der Waals surface area contributed by atoms with E-state index in [9.17, 15) is 22.8 Å². The summed E-state index contributed by atoms with van der Waals surface area (Å²) in [5.41, 5.74) is 0.235. The fourth-order valence-electron chi connectivity index (χ4n) is 3.69. The van der Waals surface area contributed by atoms with Gasteiger partial charge in [-0.2, -0.15) is 4.31 Å². The van der Waals surface area contributed by atoms with E-state index in [-0.39, 0.29) is 73.5 Å². The van der Waals surface area contributed by atoms with Crippen LogP contribution < -0.4 is 5.32 Å². The largest absolute Gasteiger partial charge is 0.373 e. The average molecular weight is 438 g/mol. The summed E-state index contributed by atoms with van der Waals surface area (Å²) in [4.78, 5) is 36.9. The van der Waals surface area contributed by atoms with Gasteiger partial charge in [-0.1, -0.05) is 6.07 Å². The molecule has 3 rings (SSSR count). The maximum atomic E-state index is 13.0. The maximum Gasteiger partial charge on any atom is 0.251 e. The normalized spacial score (nSPS) is 23.1. The van der Waals surface area contributed by atoms with Gasteiger partial charge in [0.25, 0.3) is 5.91 Å².